The van der Waals surface area contributed by atoms with Crippen LogP contribution in [0.1, 0.15) is 45.0 Å². The molecule has 2 aromatic rings. The molecule has 2 N–H and O–H groups in total. The van der Waals surface area contributed by atoms with Gasteiger partial charge in [-0.05, 0) is 18.1 Å². The summed E-state index contributed by atoms with van der Waals surface area (Å²) in [6.07, 6.45) is 0.0856. The maximum atomic E-state index is 12.3. The lowest BCUT2D eigenvalue weighted by Crippen LogP contribution is -2.15. The van der Waals surface area contributed by atoms with E-state index in [1.165, 1.54) is 12.1 Å². The standard InChI is InChI=1S/C18H16O5/c19-16(14-8-4-5-9-15(14)18(22)23)11-10-13(17(20)21)12-6-2-1-3-7-12/h1-9,13H,10-11H2,(H,20,21)(H,22,23). The van der Waals surface area contributed by atoms with Gasteiger partial charge in [-0.25, -0.2) is 4.79 Å². The molecule has 0 amide bonds. The Labute approximate surface area is 133 Å². The molecule has 0 saturated heterocycles. The fourth-order valence-corrected chi connectivity index (χ4v) is 2.44. The molecule has 5 heteroatoms. The molecule has 0 aliphatic carbocycles. The Balaban J connectivity index is 2.14. The summed E-state index contributed by atoms with van der Waals surface area (Å²) in [7, 11) is 0. The third kappa shape index (κ3) is 4.03. The summed E-state index contributed by atoms with van der Waals surface area (Å²) in [5, 5.41) is 18.5. The molecule has 0 aliphatic rings. The molecule has 2 aromatic carbocycles. The molecule has 0 aliphatic heterocycles. The second kappa shape index (κ2) is 7.35. The minimum atomic E-state index is -1.17. The number of hydrogen-bond donors (Lipinski definition) is 2. The van der Waals surface area contributed by atoms with Crippen LogP contribution in [-0.2, 0) is 4.79 Å². The topological polar surface area (TPSA) is 91.7 Å². The fraction of sp³-hybridized carbons (Fsp3) is 0.167. The molecule has 0 radical (unpaired) electrons. The predicted octanol–water partition coefficient (Wildman–Crippen LogP) is 3.22. The molecule has 23 heavy (non-hydrogen) atoms. The number of carboxylic acids is 2. The van der Waals surface area contributed by atoms with E-state index in [2.05, 4.69) is 0 Å². The summed E-state index contributed by atoms with van der Waals surface area (Å²) in [6.45, 7) is 0. The van der Waals surface area contributed by atoms with E-state index in [1.807, 2.05) is 0 Å². The average molecular weight is 312 g/mol. The highest BCUT2D eigenvalue weighted by Crippen LogP contribution is 2.23. The minimum absolute atomic E-state index is 0.0316. The molecule has 0 bridgehead atoms. The van der Waals surface area contributed by atoms with Gasteiger partial charge >= 0.3 is 11.9 Å². The van der Waals surface area contributed by atoms with Crippen molar-refractivity contribution >= 4 is 17.7 Å². The zero-order chi connectivity index (χ0) is 16.8. The van der Waals surface area contributed by atoms with E-state index in [0.717, 1.165) is 0 Å². The normalized spacial score (nSPS) is 11.7. The van der Waals surface area contributed by atoms with Crippen molar-refractivity contribution in [1.29, 1.82) is 0 Å². The van der Waals surface area contributed by atoms with Crippen LogP contribution < -0.4 is 0 Å². The third-order valence-electron chi connectivity index (χ3n) is 3.62. The van der Waals surface area contributed by atoms with Gasteiger partial charge in [0.25, 0.3) is 0 Å². The number of Topliss-reactive ketones (excluding diaryl/α,β-unsaturated/α-hetero) is 1. The quantitative estimate of drug-likeness (QED) is 0.766. The summed E-state index contributed by atoms with van der Waals surface area (Å²) in [6, 6.07) is 14.6. The van der Waals surface area contributed by atoms with Gasteiger partial charge in [0.1, 0.15) is 0 Å². The van der Waals surface area contributed by atoms with Crippen molar-refractivity contribution in [2.45, 2.75) is 18.8 Å². The van der Waals surface area contributed by atoms with E-state index >= 15 is 0 Å². The van der Waals surface area contributed by atoms with Crippen LogP contribution in [0, 0.1) is 0 Å². The highest BCUT2D eigenvalue weighted by molar-refractivity contribution is 6.05. The van der Waals surface area contributed by atoms with Gasteiger partial charge in [-0.15, -0.1) is 0 Å². The summed E-state index contributed by atoms with van der Waals surface area (Å²) >= 11 is 0. The van der Waals surface area contributed by atoms with Crippen molar-refractivity contribution in [2.24, 2.45) is 0 Å². The summed E-state index contributed by atoms with van der Waals surface area (Å²) < 4.78 is 0. The molecular weight excluding hydrogens is 296 g/mol. The number of carbonyl (C=O) groups excluding carboxylic acids is 1. The van der Waals surface area contributed by atoms with Crippen molar-refractivity contribution in [3.05, 3.63) is 71.3 Å². The lowest BCUT2D eigenvalue weighted by Gasteiger charge is -2.12. The summed E-state index contributed by atoms with van der Waals surface area (Å²) in [4.78, 5) is 34.8. The SMILES string of the molecule is O=C(O)c1ccccc1C(=O)CCC(C(=O)O)c1ccccc1. The first-order valence-corrected chi connectivity index (χ1v) is 7.14. The fourth-order valence-electron chi connectivity index (χ4n) is 2.44. The molecule has 1 unspecified atom stereocenters. The number of aromatic carboxylic acids is 1. The molecule has 0 aromatic heterocycles. The number of carbonyl (C=O) groups is 3. The van der Waals surface area contributed by atoms with Crippen LogP contribution in [0.15, 0.2) is 54.6 Å². The Morgan fingerprint density at radius 1 is 0.826 bits per heavy atom. The number of rotatable bonds is 7. The van der Waals surface area contributed by atoms with Gasteiger partial charge in [0, 0.05) is 12.0 Å². The molecule has 118 valence electrons. The van der Waals surface area contributed by atoms with Crippen LogP contribution in [0.25, 0.3) is 0 Å². The van der Waals surface area contributed by atoms with Gasteiger partial charge in [-0.1, -0.05) is 48.5 Å². The van der Waals surface area contributed by atoms with Crippen LogP contribution in [0.3, 0.4) is 0 Å². The summed E-state index contributed by atoms with van der Waals surface area (Å²) in [5.41, 5.74) is 0.667. The highest BCUT2D eigenvalue weighted by atomic mass is 16.4. The number of hydrogen-bond acceptors (Lipinski definition) is 3. The second-order valence-electron chi connectivity index (χ2n) is 5.11. The highest BCUT2D eigenvalue weighted by Gasteiger charge is 2.22. The van der Waals surface area contributed by atoms with E-state index in [9.17, 15) is 19.5 Å². The van der Waals surface area contributed by atoms with E-state index < -0.39 is 17.9 Å². The number of ketones is 1. The van der Waals surface area contributed by atoms with Gasteiger partial charge in [-0.3, -0.25) is 9.59 Å². The Morgan fingerprint density at radius 3 is 1.96 bits per heavy atom. The molecule has 0 saturated carbocycles. The van der Waals surface area contributed by atoms with E-state index in [0.29, 0.717) is 5.56 Å². The van der Waals surface area contributed by atoms with Crippen molar-refractivity contribution in [3.8, 4) is 0 Å². The van der Waals surface area contributed by atoms with Crippen LogP contribution >= 0.6 is 0 Å². The van der Waals surface area contributed by atoms with Gasteiger partial charge in [0.2, 0.25) is 0 Å². The number of benzene rings is 2. The second-order valence-corrected chi connectivity index (χ2v) is 5.11. The van der Waals surface area contributed by atoms with Crippen LogP contribution in [0.4, 0.5) is 0 Å². The Hall–Kier alpha value is -2.95. The maximum Gasteiger partial charge on any atom is 0.336 e. The predicted molar refractivity (Wildman–Crippen MR) is 83.8 cm³/mol. The zero-order valence-electron chi connectivity index (χ0n) is 12.3. The third-order valence-corrected chi connectivity index (χ3v) is 3.62. The molecule has 0 spiro atoms. The van der Waals surface area contributed by atoms with Crippen LogP contribution in [-0.4, -0.2) is 27.9 Å². The maximum absolute atomic E-state index is 12.3. The van der Waals surface area contributed by atoms with Crippen LogP contribution in [0.5, 0.6) is 0 Å². The largest absolute Gasteiger partial charge is 0.481 e. The summed E-state index contributed by atoms with van der Waals surface area (Å²) in [5.74, 6) is -3.34. The molecule has 1 atom stereocenters. The Morgan fingerprint density at radius 2 is 1.39 bits per heavy atom. The molecule has 2 rings (SSSR count). The van der Waals surface area contributed by atoms with Crippen molar-refractivity contribution in [1.82, 2.24) is 0 Å². The van der Waals surface area contributed by atoms with Gasteiger partial charge in [0.05, 0.1) is 11.5 Å². The van der Waals surface area contributed by atoms with E-state index in [1.54, 1.807) is 42.5 Å². The van der Waals surface area contributed by atoms with Gasteiger partial charge in [0.15, 0.2) is 5.78 Å². The van der Waals surface area contributed by atoms with Crippen molar-refractivity contribution in [3.63, 3.8) is 0 Å². The van der Waals surface area contributed by atoms with E-state index in [-0.39, 0.29) is 29.8 Å². The van der Waals surface area contributed by atoms with Crippen molar-refractivity contribution < 1.29 is 24.6 Å². The average Bonchev–Trinajstić information content (AvgIpc) is 2.55. The van der Waals surface area contributed by atoms with Gasteiger partial charge < -0.3 is 10.2 Å². The van der Waals surface area contributed by atoms with Gasteiger partial charge in [-0.2, -0.15) is 0 Å². The van der Waals surface area contributed by atoms with Crippen LogP contribution in [0.2, 0.25) is 0 Å². The minimum Gasteiger partial charge on any atom is -0.481 e. The number of carboxylic acid groups (broad SMARTS) is 2. The first kappa shape index (κ1) is 16.4. The number of aliphatic carboxylic acids is 1. The molecule has 5 nitrogen and oxygen atoms in total. The molecule has 0 fully saturated rings. The Kier molecular flexibility index (Phi) is 5.25. The molecular formula is C18H16O5. The monoisotopic (exact) mass is 312 g/mol. The lowest BCUT2D eigenvalue weighted by atomic mass is 9.91. The Bertz CT molecular complexity index is 721. The smallest absolute Gasteiger partial charge is 0.336 e. The molecule has 0 heterocycles. The first-order chi connectivity index (χ1) is 11.0. The zero-order valence-corrected chi connectivity index (χ0v) is 12.3. The van der Waals surface area contributed by atoms with E-state index in [4.69, 9.17) is 5.11 Å². The lowest BCUT2D eigenvalue weighted by molar-refractivity contribution is -0.138. The van der Waals surface area contributed by atoms with Crippen molar-refractivity contribution in [2.75, 3.05) is 0 Å². The first-order valence-electron chi connectivity index (χ1n) is 7.14.